The minimum absolute atomic E-state index is 0.0439. The van der Waals surface area contributed by atoms with Gasteiger partial charge in [0.2, 0.25) is 15.9 Å². The Morgan fingerprint density at radius 1 is 1.22 bits per heavy atom. The van der Waals surface area contributed by atoms with Gasteiger partial charge in [-0.25, -0.2) is 13.2 Å². The summed E-state index contributed by atoms with van der Waals surface area (Å²) < 4.78 is 26.5. The third-order valence-electron chi connectivity index (χ3n) is 3.99. The van der Waals surface area contributed by atoms with Crippen LogP contribution in [0.25, 0.3) is 0 Å². The van der Waals surface area contributed by atoms with Crippen molar-refractivity contribution in [2.24, 2.45) is 0 Å². The number of nitrogens with one attached hydrogen (secondary N) is 1. The van der Waals surface area contributed by atoms with E-state index in [0.29, 0.717) is 12.0 Å². The number of nitrogens with zero attached hydrogens (tertiary/aromatic N) is 3. The van der Waals surface area contributed by atoms with Crippen LogP contribution in [-0.2, 0) is 14.8 Å². The normalized spacial score (nSPS) is 22.2. The number of hydrogen-bond donors (Lipinski definition) is 1. The van der Waals surface area contributed by atoms with E-state index in [0.717, 1.165) is 4.90 Å². The lowest BCUT2D eigenvalue weighted by Gasteiger charge is -2.21. The van der Waals surface area contributed by atoms with Gasteiger partial charge in [-0.1, -0.05) is 0 Å². The molecule has 2 fully saturated rings. The highest BCUT2D eigenvalue weighted by Gasteiger charge is 2.41. The Balaban J connectivity index is 1.78. The zero-order valence-electron chi connectivity index (χ0n) is 12.1. The van der Waals surface area contributed by atoms with E-state index in [9.17, 15) is 18.0 Å². The van der Waals surface area contributed by atoms with Gasteiger partial charge in [-0.15, -0.1) is 0 Å². The standard InChI is InChI=1S/C14H14N4O4S/c15-7-10-1-3-12(4-2-10)23(21,22)17-6-5-11(9-17)18-13(19)8-16-14(18)20/h1-4,11H,5-6,8-9H2,(H,16,20). The summed E-state index contributed by atoms with van der Waals surface area (Å²) in [6, 6.07) is 6.66. The van der Waals surface area contributed by atoms with Gasteiger partial charge in [0.1, 0.15) is 0 Å². The molecule has 120 valence electrons. The summed E-state index contributed by atoms with van der Waals surface area (Å²) in [7, 11) is -3.71. The second-order valence-electron chi connectivity index (χ2n) is 5.36. The maximum atomic E-state index is 12.6. The molecule has 3 amide bonds. The van der Waals surface area contributed by atoms with Gasteiger partial charge in [-0.3, -0.25) is 9.69 Å². The highest BCUT2D eigenvalue weighted by molar-refractivity contribution is 7.89. The van der Waals surface area contributed by atoms with Crippen LogP contribution in [0.15, 0.2) is 29.2 Å². The Hall–Kier alpha value is -2.44. The molecule has 1 aromatic rings. The Morgan fingerprint density at radius 3 is 2.48 bits per heavy atom. The third-order valence-corrected chi connectivity index (χ3v) is 5.87. The zero-order valence-corrected chi connectivity index (χ0v) is 12.9. The molecule has 2 aliphatic rings. The Bertz CT molecular complexity index is 781. The van der Waals surface area contributed by atoms with E-state index in [1.165, 1.54) is 28.6 Å². The number of imide groups is 1. The predicted molar refractivity (Wildman–Crippen MR) is 78.6 cm³/mol. The molecular formula is C14H14N4O4S. The van der Waals surface area contributed by atoms with Crippen molar-refractivity contribution in [2.75, 3.05) is 19.6 Å². The zero-order chi connectivity index (χ0) is 16.6. The molecule has 0 aliphatic carbocycles. The van der Waals surface area contributed by atoms with Crippen molar-refractivity contribution in [2.45, 2.75) is 17.4 Å². The number of amides is 3. The first kappa shape index (κ1) is 15.5. The van der Waals surface area contributed by atoms with Crippen molar-refractivity contribution in [1.82, 2.24) is 14.5 Å². The minimum Gasteiger partial charge on any atom is -0.329 e. The molecular weight excluding hydrogens is 320 g/mol. The van der Waals surface area contributed by atoms with Gasteiger partial charge in [0.05, 0.1) is 29.1 Å². The molecule has 0 bridgehead atoms. The van der Waals surface area contributed by atoms with Crippen LogP contribution in [-0.4, -0.2) is 55.2 Å². The van der Waals surface area contributed by atoms with Gasteiger partial charge in [-0.05, 0) is 30.7 Å². The van der Waals surface area contributed by atoms with Crippen LogP contribution in [0.4, 0.5) is 4.79 Å². The van der Waals surface area contributed by atoms with Gasteiger partial charge >= 0.3 is 6.03 Å². The van der Waals surface area contributed by atoms with Crippen LogP contribution in [0.5, 0.6) is 0 Å². The minimum atomic E-state index is -3.71. The van der Waals surface area contributed by atoms with Crippen LogP contribution < -0.4 is 5.32 Å². The summed E-state index contributed by atoms with van der Waals surface area (Å²) in [6.45, 7) is 0.281. The van der Waals surface area contributed by atoms with E-state index in [1.54, 1.807) is 0 Å². The van der Waals surface area contributed by atoms with Crippen LogP contribution in [0.1, 0.15) is 12.0 Å². The smallest absolute Gasteiger partial charge is 0.324 e. The number of rotatable bonds is 3. The lowest BCUT2D eigenvalue weighted by Crippen LogP contribution is -2.42. The van der Waals surface area contributed by atoms with Gasteiger partial charge in [0.15, 0.2) is 0 Å². The van der Waals surface area contributed by atoms with E-state index < -0.39 is 22.1 Å². The molecule has 2 saturated heterocycles. The van der Waals surface area contributed by atoms with Crippen molar-refractivity contribution in [3.63, 3.8) is 0 Å². The monoisotopic (exact) mass is 334 g/mol. The van der Waals surface area contributed by atoms with Gasteiger partial charge in [0, 0.05) is 13.1 Å². The predicted octanol–water partition coefficient (Wildman–Crippen LogP) is -0.127. The summed E-state index contributed by atoms with van der Waals surface area (Å²) in [5.74, 6) is -0.336. The Kier molecular flexibility index (Phi) is 3.79. The van der Waals surface area contributed by atoms with Crippen LogP contribution in [0.3, 0.4) is 0 Å². The van der Waals surface area contributed by atoms with Crippen molar-refractivity contribution >= 4 is 22.0 Å². The fraction of sp³-hybridized carbons (Fsp3) is 0.357. The Labute approximate surface area is 133 Å². The van der Waals surface area contributed by atoms with Gasteiger partial charge in [0.25, 0.3) is 0 Å². The average Bonchev–Trinajstić information content (AvgIpc) is 3.14. The number of carbonyl (C=O) groups is 2. The molecule has 8 nitrogen and oxygen atoms in total. The summed E-state index contributed by atoms with van der Waals surface area (Å²) >= 11 is 0. The fourth-order valence-corrected chi connectivity index (χ4v) is 4.29. The largest absolute Gasteiger partial charge is 0.329 e. The molecule has 1 atom stereocenters. The highest BCUT2D eigenvalue weighted by Crippen LogP contribution is 2.25. The van der Waals surface area contributed by atoms with Gasteiger partial charge < -0.3 is 5.32 Å². The molecule has 2 aliphatic heterocycles. The van der Waals surface area contributed by atoms with Crippen molar-refractivity contribution < 1.29 is 18.0 Å². The van der Waals surface area contributed by atoms with Crippen molar-refractivity contribution in [3.8, 4) is 6.07 Å². The van der Waals surface area contributed by atoms with Gasteiger partial charge in [-0.2, -0.15) is 9.57 Å². The number of sulfonamides is 1. The lowest BCUT2D eigenvalue weighted by atomic mass is 10.2. The first-order valence-corrected chi connectivity index (χ1v) is 8.47. The molecule has 2 heterocycles. The molecule has 0 spiro atoms. The second kappa shape index (κ2) is 5.64. The molecule has 0 radical (unpaired) electrons. The summed E-state index contributed by atoms with van der Waals surface area (Å²) in [6.07, 6.45) is 0.411. The summed E-state index contributed by atoms with van der Waals surface area (Å²) in [4.78, 5) is 24.6. The first-order valence-electron chi connectivity index (χ1n) is 7.03. The Morgan fingerprint density at radius 2 is 1.91 bits per heavy atom. The molecule has 9 heteroatoms. The highest BCUT2D eigenvalue weighted by atomic mass is 32.2. The number of carbonyl (C=O) groups excluding carboxylic acids is 2. The number of hydrogen-bond acceptors (Lipinski definition) is 5. The first-order chi connectivity index (χ1) is 10.9. The molecule has 1 unspecified atom stereocenters. The van der Waals surface area contributed by atoms with E-state index in [1.807, 2.05) is 6.07 Å². The number of benzene rings is 1. The second-order valence-corrected chi connectivity index (χ2v) is 7.30. The number of nitriles is 1. The topological polar surface area (TPSA) is 111 Å². The molecule has 1 N–H and O–H groups in total. The van der Waals surface area contributed by atoms with Crippen molar-refractivity contribution in [1.29, 1.82) is 5.26 Å². The van der Waals surface area contributed by atoms with Crippen LogP contribution in [0, 0.1) is 11.3 Å². The lowest BCUT2D eigenvalue weighted by molar-refractivity contribution is -0.126. The van der Waals surface area contributed by atoms with E-state index in [2.05, 4.69) is 5.32 Å². The molecule has 1 aromatic carbocycles. The van der Waals surface area contributed by atoms with Crippen molar-refractivity contribution in [3.05, 3.63) is 29.8 Å². The maximum absolute atomic E-state index is 12.6. The summed E-state index contributed by atoms with van der Waals surface area (Å²) in [5.41, 5.74) is 0.377. The van der Waals surface area contributed by atoms with Crippen LogP contribution >= 0.6 is 0 Å². The SMILES string of the molecule is N#Cc1ccc(S(=O)(=O)N2CCC(N3C(=O)CNC3=O)C2)cc1. The summed E-state index contributed by atoms with van der Waals surface area (Å²) in [5, 5.41) is 11.2. The molecule has 3 rings (SSSR count). The van der Waals surface area contributed by atoms with E-state index in [4.69, 9.17) is 5.26 Å². The van der Waals surface area contributed by atoms with Crippen LogP contribution in [0.2, 0.25) is 0 Å². The molecule has 0 aromatic heterocycles. The van der Waals surface area contributed by atoms with E-state index in [-0.39, 0.29) is 30.4 Å². The maximum Gasteiger partial charge on any atom is 0.324 e. The molecule has 23 heavy (non-hydrogen) atoms. The quantitative estimate of drug-likeness (QED) is 0.774. The average molecular weight is 334 g/mol. The fourth-order valence-electron chi connectivity index (χ4n) is 2.79. The third kappa shape index (κ3) is 2.67. The number of urea groups is 1. The van der Waals surface area contributed by atoms with E-state index >= 15 is 0 Å². The molecule has 0 saturated carbocycles.